The van der Waals surface area contributed by atoms with E-state index in [0.29, 0.717) is 5.15 Å². The quantitative estimate of drug-likeness (QED) is 0.666. The maximum absolute atomic E-state index is 5.77. The van der Waals surface area contributed by atoms with Gasteiger partial charge in [0, 0.05) is 0 Å². The van der Waals surface area contributed by atoms with Gasteiger partial charge in [0.2, 0.25) is 0 Å². The van der Waals surface area contributed by atoms with Crippen molar-refractivity contribution in [3.8, 4) is 0 Å². The van der Waals surface area contributed by atoms with Crippen LogP contribution in [0.4, 0.5) is 0 Å². The van der Waals surface area contributed by atoms with E-state index in [9.17, 15) is 0 Å². The molecule has 2 heterocycles. The minimum Gasteiger partial charge on any atom is -0.247 e. The number of fused-ring (bicyclic) bond motifs is 1. The van der Waals surface area contributed by atoms with Crippen molar-refractivity contribution < 1.29 is 0 Å². The van der Waals surface area contributed by atoms with Gasteiger partial charge in [0.15, 0.2) is 0 Å². The molecule has 0 aromatic carbocycles. The SMILES string of the molecule is C/C=C/c1ccc2nc(Cl)ccc2n1. The largest absolute Gasteiger partial charge is 0.247 e. The Balaban J connectivity index is 2.61. The van der Waals surface area contributed by atoms with Crippen LogP contribution in [0.25, 0.3) is 17.1 Å². The lowest BCUT2D eigenvalue weighted by atomic mass is 10.2. The monoisotopic (exact) mass is 204 g/mol. The number of hydrogen-bond donors (Lipinski definition) is 0. The molecule has 0 aliphatic rings. The van der Waals surface area contributed by atoms with E-state index in [0.717, 1.165) is 16.7 Å². The Bertz CT molecular complexity index is 492. The number of rotatable bonds is 1. The topological polar surface area (TPSA) is 25.8 Å². The third kappa shape index (κ3) is 1.75. The molecule has 0 aliphatic heterocycles. The first-order valence-electron chi connectivity index (χ1n) is 4.35. The van der Waals surface area contributed by atoms with Crippen LogP contribution >= 0.6 is 11.6 Å². The van der Waals surface area contributed by atoms with Crippen LogP contribution in [0.2, 0.25) is 5.15 Å². The Morgan fingerprint density at radius 3 is 2.57 bits per heavy atom. The van der Waals surface area contributed by atoms with Crippen LogP contribution < -0.4 is 0 Å². The van der Waals surface area contributed by atoms with Gasteiger partial charge in [0.1, 0.15) is 5.15 Å². The predicted octanol–water partition coefficient (Wildman–Crippen LogP) is 3.32. The molecule has 0 bridgehead atoms. The van der Waals surface area contributed by atoms with Gasteiger partial charge in [0.05, 0.1) is 16.7 Å². The Hall–Kier alpha value is -1.41. The van der Waals surface area contributed by atoms with Crippen molar-refractivity contribution in [2.24, 2.45) is 0 Å². The van der Waals surface area contributed by atoms with Gasteiger partial charge in [-0.2, -0.15) is 0 Å². The summed E-state index contributed by atoms with van der Waals surface area (Å²) in [7, 11) is 0. The van der Waals surface area contributed by atoms with E-state index in [1.54, 1.807) is 6.07 Å². The van der Waals surface area contributed by atoms with Gasteiger partial charge in [-0.15, -0.1) is 0 Å². The van der Waals surface area contributed by atoms with Crippen molar-refractivity contribution in [1.82, 2.24) is 9.97 Å². The smallest absolute Gasteiger partial charge is 0.129 e. The third-order valence-electron chi connectivity index (χ3n) is 1.87. The minimum atomic E-state index is 0.498. The zero-order valence-electron chi connectivity index (χ0n) is 7.74. The van der Waals surface area contributed by atoms with Crippen molar-refractivity contribution in [2.45, 2.75) is 6.92 Å². The molecule has 2 aromatic rings. The van der Waals surface area contributed by atoms with E-state index in [1.807, 2.05) is 37.3 Å². The molecule has 0 radical (unpaired) electrons. The van der Waals surface area contributed by atoms with Crippen LogP contribution in [0.15, 0.2) is 30.3 Å². The molecule has 0 saturated heterocycles. The minimum absolute atomic E-state index is 0.498. The van der Waals surface area contributed by atoms with Crippen LogP contribution in [0.3, 0.4) is 0 Å². The maximum Gasteiger partial charge on any atom is 0.129 e. The standard InChI is InChI=1S/C11H9ClN2/c1-2-3-8-4-5-10-9(13-8)6-7-11(12)14-10/h2-7H,1H3/b3-2+. The molecule has 2 rings (SSSR count). The summed E-state index contributed by atoms with van der Waals surface area (Å²) in [6, 6.07) is 7.46. The summed E-state index contributed by atoms with van der Waals surface area (Å²) in [5, 5.41) is 0.498. The number of halogens is 1. The fourth-order valence-electron chi connectivity index (χ4n) is 1.26. The molecule has 14 heavy (non-hydrogen) atoms. The van der Waals surface area contributed by atoms with Gasteiger partial charge in [-0.3, -0.25) is 0 Å². The highest BCUT2D eigenvalue weighted by atomic mass is 35.5. The van der Waals surface area contributed by atoms with E-state index < -0.39 is 0 Å². The first kappa shape index (κ1) is 9.16. The normalized spacial score (nSPS) is 11.3. The fourth-order valence-corrected chi connectivity index (χ4v) is 1.42. The highest BCUT2D eigenvalue weighted by Crippen LogP contribution is 2.14. The molecule has 0 N–H and O–H groups in total. The summed E-state index contributed by atoms with van der Waals surface area (Å²) >= 11 is 5.77. The lowest BCUT2D eigenvalue weighted by molar-refractivity contribution is 1.31. The zero-order valence-corrected chi connectivity index (χ0v) is 8.49. The molecule has 0 fully saturated rings. The van der Waals surface area contributed by atoms with Gasteiger partial charge < -0.3 is 0 Å². The second kappa shape index (κ2) is 3.76. The van der Waals surface area contributed by atoms with E-state index in [-0.39, 0.29) is 0 Å². The summed E-state index contributed by atoms with van der Waals surface area (Å²) in [5.74, 6) is 0. The molecule has 0 spiro atoms. The summed E-state index contributed by atoms with van der Waals surface area (Å²) < 4.78 is 0. The van der Waals surface area contributed by atoms with Crippen molar-refractivity contribution in [3.05, 3.63) is 41.2 Å². The summed E-state index contributed by atoms with van der Waals surface area (Å²) in [4.78, 5) is 8.55. The van der Waals surface area contributed by atoms with E-state index in [1.165, 1.54) is 0 Å². The molecule has 0 saturated carbocycles. The zero-order chi connectivity index (χ0) is 9.97. The Kier molecular flexibility index (Phi) is 2.46. The highest BCUT2D eigenvalue weighted by molar-refractivity contribution is 6.29. The van der Waals surface area contributed by atoms with Crippen molar-refractivity contribution in [1.29, 1.82) is 0 Å². The molecule has 2 aromatic heterocycles. The number of allylic oxidation sites excluding steroid dienone is 1. The molecule has 0 unspecified atom stereocenters. The number of pyridine rings is 2. The molecular weight excluding hydrogens is 196 g/mol. The first-order chi connectivity index (χ1) is 6.79. The van der Waals surface area contributed by atoms with Crippen LogP contribution in [-0.2, 0) is 0 Å². The maximum atomic E-state index is 5.77. The molecule has 0 aliphatic carbocycles. The van der Waals surface area contributed by atoms with Crippen LogP contribution in [0.5, 0.6) is 0 Å². The second-order valence-electron chi connectivity index (χ2n) is 2.91. The first-order valence-corrected chi connectivity index (χ1v) is 4.73. The highest BCUT2D eigenvalue weighted by Gasteiger charge is 1.97. The fraction of sp³-hybridized carbons (Fsp3) is 0.0909. The van der Waals surface area contributed by atoms with Gasteiger partial charge in [-0.25, -0.2) is 9.97 Å². The Morgan fingerprint density at radius 1 is 1.07 bits per heavy atom. The van der Waals surface area contributed by atoms with Crippen molar-refractivity contribution >= 4 is 28.7 Å². The van der Waals surface area contributed by atoms with Gasteiger partial charge >= 0.3 is 0 Å². The van der Waals surface area contributed by atoms with E-state index in [4.69, 9.17) is 11.6 Å². The van der Waals surface area contributed by atoms with Crippen molar-refractivity contribution in [3.63, 3.8) is 0 Å². The molecule has 0 amide bonds. The molecule has 2 nitrogen and oxygen atoms in total. The molecular formula is C11H9ClN2. The number of hydrogen-bond acceptors (Lipinski definition) is 2. The summed E-state index contributed by atoms with van der Waals surface area (Å²) in [6.07, 6.45) is 3.91. The average Bonchev–Trinajstić information content (AvgIpc) is 2.19. The third-order valence-corrected chi connectivity index (χ3v) is 2.08. The van der Waals surface area contributed by atoms with Crippen molar-refractivity contribution in [2.75, 3.05) is 0 Å². The molecule has 3 heteroatoms. The molecule has 70 valence electrons. The van der Waals surface area contributed by atoms with Gasteiger partial charge in [-0.05, 0) is 37.3 Å². The lowest BCUT2D eigenvalue weighted by Gasteiger charge is -1.98. The van der Waals surface area contributed by atoms with Crippen LogP contribution in [-0.4, -0.2) is 9.97 Å². The summed E-state index contributed by atoms with van der Waals surface area (Å²) in [6.45, 7) is 1.96. The molecule has 0 atom stereocenters. The van der Waals surface area contributed by atoms with E-state index >= 15 is 0 Å². The van der Waals surface area contributed by atoms with Gasteiger partial charge in [-0.1, -0.05) is 17.7 Å². The number of aromatic nitrogens is 2. The second-order valence-corrected chi connectivity index (χ2v) is 3.30. The van der Waals surface area contributed by atoms with E-state index in [2.05, 4.69) is 9.97 Å². The predicted molar refractivity (Wildman–Crippen MR) is 59.3 cm³/mol. The van der Waals surface area contributed by atoms with Crippen LogP contribution in [0.1, 0.15) is 12.6 Å². The van der Waals surface area contributed by atoms with Gasteiger partial charge in [0.25, 0.3) is 0 Å². The average molecular weight is 205 g/mol. The number of nitrogens with zero attached hydrogens (tertiary/aromatic N) is 2. The summed E-state index contributed by atoms with van der Waals surface area (Å²) in [5.41, 5.74) is 2.62. The van der Waals surface area contributed by atoms with Crippen LogP contribution in [0, 0.1) is 0 Å². The Morgan fingerprint density at radius 2 is 1.79 bits per heavy atom. The lowest BCUT2D eigenvalue weighted by Crippen LogP contribution is -1.85. The Labute approximate surface area is 87.3 Å².